The fraction of sp³-hybridized carbons (Fsp3) is 0.727. The number of hydrogen-bond acceptors (Lipinski definition) is 5. The highest BCUT2D eigenvalue weighted by Crippen LogP contribution is 2.35. The van der Waals surface area contributed by atoms with Gasteiger partial charge in [0.15, 0.2) is 0 Å². The molecule has 2 heterocycles. The second kappa shape index (κ2) is 5.33. The number of amides is 1. The topological polar surface area (TPSA) is 112 Å². The molecule has 1 atom stereocenters. The molecule has 1 amide bonds. The van der Waals surface area contributed by atoms with E-state index in [1.165, 1.54) is 4.90 Å². The zero-order valence-electron chi connectivity index (χ0n) is 10.8. The number of aromatic nitrogens is 4. The summed E-state index contributed by atoms with van der Waals surface area (Å²) in [5.74, 6) is -1.21. The molecule has 1 aliphatic rings. The van der Waals surface area contributed by atoms with Crippen molar-refractivity contribution in [1.29, 1.82) is 0 Å². The van der Waals surface area contributed by atoms with E-state index in [0.29, 0.717) is 25.8 Å². The number of H-pyrrole nitrogens is 1. The van der Waals surface area contributed by atoms with E-state index in [-0.39, 0.29) is 18.3 Å². The van der Waals surface area contributed by atoms with Crippen molar-refractivity contribution in [1.82, 2.24) is 25.5 Å². The number of hydrogen-bond donors (Lipinski definition) is 2. The van der Waals surface area contributed by atoms with Gasteiger partial charge in [0, 0.05) is 13.1 Å². The number of aromatic amines is 1. The highest BCUT2D eigenvalue weighted by Gasteiger charge is 2.43. The third-order valence-electron chi connectivity index (χ3n) is 3.58. The van der Waals surface area contributed by atoms with Crippen molar-refractivity contribution in [2.45, 2.75) is 32.6 Å². The second-order valence-electron chi connectivity index (χ2n) is 4.90. The third kappa shape index (κ3) is 2.56. The van der Waals surface area contributed by atoms with Gasteiger partial charge in [-0.05, 0) is 24.5 Å². The van der Waals surface area contributed by atoms with E-state index in [0.717, 1.165) is 6.42 Å². The molecule has 19 heavy (non-hydrogen) atoms. The summed E-state index contributed by atoms with van der Waals surface area (Å²) in [5.41, 5.74) is -0.841. The molecule has 0 bridgehead atoms. The predicted octanol–water partition coefficient (Wildman–Crippen LogP) is 0.307. The van der Waals surface area contributed by atoms with Gasteiger partial charge in [-0.2, -0.15) is 5.21 Å². The normalized spacial score (nSPS) is 23.3. The van der Waals surface area contributed by atoms with Gasteiger partial charge in [-0.15, -0.1) is 10.2 Å². The maximum atomic E-state index is 12.1. The highest BCUT2D eigenvalue weighted by atomic mass is 16.4. The first-order valence-electron chi connectivity index (χ1n) is 6.35. The summed E-state index contributed by atoms with van der Waals surface area (Å²) in [6.45, 7) is 2.69. The van der Waals surface area contributed by atoms with Crippen LogP contribution in [0.5, 0.6) is 0 Å². The lowest BCUT2D eigenvalue weighted by Crippen LogP contribution is -2.50. The van der Waals surface area contributed by atoms with Gasteiger partial charge in [-0.25, -0.2) is 0 Å². The van der Waals surface area contributed by atoms with Crippen molar-refractivity contribution in [3.8, 4) is 0 Å². The molecule has 1 aliphatic heterocycles. The van der Waals surface area contributed by atoms with Crippen LogP contribution in [0.3, 0.4) is 0 Å². The zero-order valence-corrected chi connectivity index (χ0v) is 10.8. The van der Waals surface area contributed by atoms with Crippen molar-refractivity contribution in [3.63, 3.8) is 0 Å². The zero-order chi connectivity index (χ0) is 13.9. The molecular formula is C11H17N5O3. The molecule has 1 unspecified atom stereocenters. The minimum atomic E-state index is -0.841. The number of carboxylic acids is 1. The number of nitrogens with zero attached hydrogens (tertiary/aromatic N) is 4. The summed E-state index contributed by atoms with van der Waals surface area (Å²) in [6.07, 6.45) is 2.62. The number of tetrazole rings is 1. The Bertz CT molecular complexity index is 457. The number of piperidine rings is 1. The number of rotatable bonds is 4. The van der Waals surface area contributed by atoms with E-state index in [9.17, 15) is 14.7 Å². The first kappa shape index (κ1) is 13.4. The Kier molecular flexibility index (Phi) is 3.77. The molecule has 8 heteroatoms. The second-order valence-corrected chi connectivity index (χ2v) is 4.90. The number of carbonyl (C=O) groups is 2. The van der Waals surface area contributed by atoms with E-state index >= 15 is 0 Å². The van der Waals surface area contributed by atoms with E-state index in [2.05, 4.69) is 20.6 Å². The molecule has 0 aliphatic carbocycles. The number of carbonyl (C=O) groups excluding carboxylic acids is 1. The minimum absolute atomic E-state index is 0.0160. The molecule has 1 aromatic heterocycles. The maximum Gasteiger partial charge on any atom is 0.311 e. The fourth-order valence-corrected chi connectivity index (χ4v) is 2.66. The number of nitrogens with one attached hydrogen (secondary N) is 1. The molecule has 104 valence electrons. The van der Waals surface area contributed by atoms with Crippen LogP contribution in [0.15, 0.2) is 0 Å². The van der Waals surface area contributed by atoms with Gasteiger partial charge in [0.1, 0.15) is 0 Å². The number of aliphatic carboxylic acids is 1. The monoisotopic (exact) mass is 267 g/mol. The fourth-order valence-electron chi connectivity index (χ4n) is 2.66. The summed E-state index contributed by atoms with van der Waals surface area (Å²) < 4.78 is 0. The first-order chi connectivity index (χ1) is 9.09. The summed E-state index contributed by atoms with van der Waals surface area (Å²) in [5, 5.41) is 22.3. The largest absolute Gasteiger partial charge is 0.481 e. The SMILES string of the molecule is CCCC1(C(=O)O)CCCN(C(=O)c2nn[nH]n2)C1. The summed E-state index contributed by atoms with van der Waals surface area (Å²) >= 11 is 0. The number of likely N-dealkylation sites (tertiary alicyclic amines) is 1. The van der Waals surface area contributed by atoms with Crippen LogP contribution in [-0.4, -0.2) is 55.6 Å². The molecule has 1 fully saturated rings. The van der Waals surface area contributed by atoms with Gasteiger partial charge in [0.2, 0.25) is 0 Å². The Labute approximate surface area is 110 Å². The molecule has 2 N–H and O–H groups in total. The maximum absolute atomic E-state index is 12.1. The average molecular weight is 267 g/mol. The minimum Gasteiger partial charge on any atom is -0.481 e. The molecule has 1 saturated heterocycles. The molecule has 0 radical (unpaired) electrons. The Hall–Kier alpha value is -1.99. The van der Waals surface area contributed by atoms with Gasteiger partial charge in [-0.1, -0.05) is 13.3 Å². The molecule has 8 nitrogen and oxygen atoms in total. The molecule has 0 spiro atoms. The summed E-state index contributed by atoms with van der Waals surface area (Å²) in [4.78, 5) is 25.2. The van der Waals surface area contributed by atoms with Crippen LogP contribution < -0.4 is 0 Å². The van der Waals surface area contributed by atoms with Crippen LogP contribution >= 0.6 is 0 Å². The van der Waals surface area contributed by atoms with Crippen molar-refractivity contribution < 1.29 is 14.7 Å². The average Bonchev–Trinajstić information content (AvgIpc) is 2.92. The smallest absolute Gasteiger partial charge is 0.311 e. The number of carboxylic acid groups (broad SMARTS) is 1. The Balaban J connectivity index is 2.16. The molecule has 0 saturated carbocycles. The van der Waals surface area contributed by atoms with Crippen LogP contribution in [0.2, 0.25) is 0 Å². The van der Waals surface area contributed by atoms with Crippen LogP contribution in [0.1, 0.15) is 43.2 Å². The summed E-state index contributed by atoms with van der Waals surface area (Å²) in [7, 11) is 0. The standard InChI is InChI=1S/C11H17N5O3/c1-2-4-11(10(18)19)5-3-6-16(7-11)9(17)8-12-14-15-13-8/h2-7H2,1H3,(H,18,19)(H,12,13,14,15). The van der Waals surface area contributed by atoms with Crippen molar-refractivity contribution in [2.75, 3.05) is 13.1 Å². The molecule has 0 aromatic carbocycles. The lowest BCUT2D eigenvalue weighted by molar-refractivity contribution is -0.152. The quantitative estimate of drug-likeness (QED) is 0.811. The van der Waals surface area contributed by atoms with E-state index in [1.807, 2.05) is 6.92 Å². The van der Waals surface area contributed by atoms with Gasteiger partial charge in [0.05, 0.1) is 5.41 Å². The van der Waals surface area contributed by atoms with Gasteiger partial charge in [0.25, 0.3) is 11.7 Å². The van der Waals surface area contributed by atoms with Crippen LogP contribution in [0.25, 0.3) is 0 Å². The molecule has 1 aromatic rings. The van der Waals surface area contributed by atoms with Crippen molar-refractivity contribution in [3.05, 3.63) is 5.82 Å². The Morgan fingerprint density at radius 3 is 2.89 bits per heavy atom. The molecular weight excluding hydrogens is 250 g/mol. The predicted molar refractivity (Wildman–Crippen MR) is 64.3 cm³/mol. The van der Waals surface area contributed by atoms with E-state index < -0.39 is 11.4 Å². The first-order valence-corrected chi connectivity index (χ1v) is 6.35. The summed E-state index contributed by atoms with van der Waals surface area (Å²) in [6, 6.07) is 0. The van der Waals surface area contributed by atoms with Crippen molar-refractivity contribution >= 4 is 11.9 Å². The van der Waals surface area contributed by atoms with Gasteiger partial charge >= 0.3 is 5.97 Å². The van der Waals surface area contributed by atoms with Gasteiger partial charge in [-0.3, -0.25) is 9.59 Å². The van der Waals surface area contributed by atoms with Crippen LogP contribution in [0, 0.1) is 5.41 Å². The Morgan fingerprint density at radius 1 is 1.53 bits per heavy atom. The van der Waals surface area contributed by atoms with E-state index in [1.54, 1.807) is 0 Å². The van der Waals surface area contributed by atoms with E-state index in [4.69, 9.17) is 0 Å². The van der Waals surface area contributed by atoms with Gasteiger partial charge < -0.3 is 10.0 Å². The van der Waals surface area contributed by atoms with Crippen LogP contribution in [-0.2, 0) is 4.79 Å². The lowest BCUT2D eigenvalue weighted by atomic mass is 9.76. The van der Waals surface area contributed by atoms with Crippen molar-refractivity contribution in [2.24, 2.45) is 5.41 Å². The lowest BCUT2D eigenvalue weighted by Gasteiger charge is -2.39. The highest BCUT2D eigenvalue weighted by molar-refractivity contribution is 5.90. The Morgan fingerprint density at radius 2 is 2.32 bits per heavy atom. The molecule has 2 rings (SSSR count). The van der Waals surface area contributed by atoms with Crippen LogP contribution in [0.4, 0.5) is 0 Å². The third-order valence-corrected chi connectivity index (χ3v) is 3.58.